The van der Waals surface area contributed by atoms with Gasteiger partial charge in [-0.15, -0.1) is 11.3 Å². The summed E-state index contributed by atoms with van der Waals surface area (Å²) in [6.07, 6.45) is 7.13. The highest BCUT2D eigenvalue weighted by molar-refractivity contribution is 7.11. The average molecular weight is 245 g/mol. The zero-order chi connectivity index (χ0) is 11.7. The highest BCUT2D eigenvalue weighted by Gasteiger charge is 2.23. The zero-order valence-electron chi connectivity index (χ0n) is 9.60. The molecule has 2 heterocycles. The first kappa shape index (κ1) is 10.9. The number of thiazole rings is 1. The van der Waals surface area contributed by atoms with Gasteiger partial charge in [-0.2, -0.15) is 0 Å². The molecular formula is C13H15N3S. The van der Waals surface area contributed by atoms with Crippen LogP contribution in [-0.4, -0.2) is 9.97 Å². The van der Waals surface area contributed by atoms with Gasteiger partial charge in [0.15, 0.2) is 0 Å². The summed E-state index contributed by atoms with van der Waals surface area (Å²) >= 11 is 1.78. The molecule has 17 heavy (non-hydrogen) atoms. The molecule has 3 nitrogen and oxygen atoms in total. The Hall–Kier alpha value is -1.26. The summed E-state index contributed by atoms with van der Waals surface area (Å²) in [5.74, 6) is 0.622. The van der Waals surface area contributed by atoms with E-state index in [-0.39, 0.29) is 0 Å². The summed E-state index contributed by atoms with van der Waals surface area (Å²) in [6, 6.07) is 4.25. The minimum absolute atomic E-state index is 0.567. The zero-order valence-corrected chi connectivity index (χ0v) is 10.4. The summed E-state index contributed by atoms with van der Waals surface area (Å²) in [7, 11) is 0. The number of pyridine rings is 1. The maximum Gasteiger partial charge on any atom is 0.107 e. The predicted molar refractivity (Wildman–Crippen MR) is 69.0 cm³/mol. The molecule has 4 heteroatoms. The Morgan fingerprint density at radius 1 is 1.35 bits per heavy atom. The van der Waals surface area contributed by atoms with Gasteiger partial charge in [0.1, 0.15) is 5.01 Å². The fourth-order valence-corrected chi connectivity index (χ4v) is 3.51. The van der Waals surface area contributed by atoms with Gasteiger partial charge >= 0.3 is 0 Å². The molecule has 88 valence electrons. The Balaban J connectivity index is 1.85. The van der Waals surface area contributed by atoms with Crippen LogP contribution in [0.3, 0.4) is 0 Å². The van der Waals surface area contributed by atoms with Gasteiger partial charge in [-0.3, -0.25) is 4.98 Å². The van der Waals surface area contributed by atoms with Crippen LogP contribution in [0.2, 0.25) is 0 Å². The van der Waals surface area contributed by atoms with Gasteiger partial charge in [0.2, 0.25) is 0 Å². The van der Waals surface area contributed by atoms with E-state index in [1.165, 1.54) is 22.6 Å². The Morgan fingerprint density at radius 2 is 2.18 bits per heavy atom. The van der Waals surface area contributed by atoms with Gasteiger partial charge in [0.25, 0.3) is 0 Å². The van der Waals surface area contributed by atoms with Crippen molar-refractivity contribution >= 4 is 11.3 Å². The molecule has 2 aromatic heterocycles. The van der Waals surface area contributed by atoms with E-state index in [2.05, 4.69) is 22.1 Å². The second-order valence-electron chi connectivity index (χ2n) is 4.40. The molecule has 1 unspecified atom stereocenters. The lowest BCUT2D eigenvalue weighted by Crippen LogP contribution is -2.11. The third kappa shape index (κ3) is 2.10. The minimum Gasteiger partial charge on any atom is -0.325 e. The van der Waals surface area contributed by atoms with Crippen LogP contribution < -0.4 is 5.73 Å². The molecule has 0 aliphatic heterocycles. The summed E-state index contributed by atoms with van der Waals surface area (Å²) in [5.41, 5.74) is 8.32. The number of fused-ring (bicyclic) bond motifs is 1. The number of hydrogen-bond acceptors (Lipinski definition) is 4. The van der Waals surface area contributed by atoms with E-state index in [0.717, 1.165) is 17.8 Å². The Labute approximate surface area is 105 Å². The summed E-state index contributed by atoms with van der Waals surface area (Å²) in [6.45, 7) is 0.567. The van der Waals surface area contributed by atoms with Crippen molar-refractivity contribution in [3.05, 3.63) is 45.7 Å². The van der Waals surface area contributed by atoms with Gasteiger partial charge in [-0.25, -0.2) is 4.98 Å². The van der Waals surface area contributed by atoms with Crippen LogP contribution in [0, 0.1) is 0 Å². The fourth-order valence-electron chi connectivity index (χ4n) is 2.44. The quantitative estimate of drug-likeness (QED) is 0.883. The minimum atomic E-state index is 0.567. The molecule has 0 bridgehead atoms. The number of aromatic nitrogens is 2. The molecule has 0 saturated carbocycles. The number of aryl methyl sites for hydroxylation is 1. The third-order valence-electron chi connectivity index (χ3n) is 3.34. The maximum atomic E-state index is 5.65. The summed E-state index contributed by atoms with van der Waals surface area (Å²) < 4.78 is 0. The van der Waals surface area contributed by atoms with E-state index in [4.69, 9.17) is 5.73 Å². The van der Waals surface area contributed by atoms with Crippen molar-refractivity contribution in [1.29, 1.82) is 0 Å². The molecule has 0 radical (unpaired) electrons. The Morgan fingerprint density at radius 3 is 2.94 bits per heavy atom. The van der Waals surface area contributed by atoms with Crippen molar-refractivity contribution in [3.8, 4) is 0 Å². The van der Waals surface area contributed by atoms with Gasteiger partial charge in [0, 0.05) is 23.8 Å². The van der Waals surface area contributed by atoms with E-state index in [0.29, 0.717) is 12.5 Å². The van der Waals surface area contributed by atoms with Crippen molar-refractivity contribution in [2.45, 2.75) is 31.7 Å². The molecule has 0 saturated heterocycles. The van der Waals surface area contributed by atoms with Crippen molar-refractivity contribution in [3.63, 3.8) is 0 Å². The number of hydrogen-bond donors (Lipinski definition) is 1. The first-order valence-corrected chi connectivity index (χ1v) is 6.76. The second-order valence-corrected chi connectivity index (χ2v) is 5.57. The van der Waals surface area contributed by atoms with Gasteiger partial charge in [-0.05, 0) is 42.9 Å². The average Bonchev–Trinajstić information content (AvgIpc) is 2.81. The molecule has 2 N–H and O–H groups in total. The third-order valence-corrected chi connectivity index (χ3v) is 4.48. The van der Waals surface area contributed by atoms with Crippen LogP contribution in [0.1, 0.15) is 33.5 Å². The molecule has 3 rings (SSSR count). The van der Waals surface area contributed by atoms with E-state index < -0.39 is 0 Å². The van der Waals surface area contributed by atoms with Crippen LogP contribution in [0.4, 0.5) is 0 Å². The molecule has 0 amide bonds. The molecular weight excluding hydrogens is 230 g/mol. The number of nitrogens with two attached hydrogens (primary N) is 1. The lowest BCUT2D eigenvalue weighted by atomic mass is 9.86. The monoisotopic (exact) mass is 245 g/mol. The summed E-state index contributed by atoms with van der Waals surface area (Å²) in [4.78, 5) is 10.1. The van der Waals surface area contributed by atoms with Crippen molar-refractivity contribution in [1.82, 2.24) is 9.97 Å². The largest absolute Gasteiger partial charge is 0.325 e. The van der Waals surface area contributed by atoms with E-state index in [1.54, 1.807) is 11.3 Å². The Kier molecular flexibility index (Phi) is 2.91. The standard InChI is InChI=1S/C13H15N3S/c14-8-13-16-11-2-1-10(7-12(11)17-13)9-3-5-15-6-4-9/h3-6,10H,1-2,7-8,14H2. The first-order chi connectivity index (χ1) is 8.36. The van der Waals surface area contributed by atoms with Crippen LogP contribution >= 0.6 is 11.3 Å². The Bertz CT molecular complexity index is 507. The van der Waals surface area contributed by atoms with Crippen LogP contribution in [0.5, 0.6) is 0 Å². The first-order valence-electron chi connectivity index (χ1n) is 5.94. The van der Waals surface area contributed by atoms with Crippen molar-refractivity contribution in [2.75, 3.05) is 0 Å². The van der Waals surface area contributed by atoms with Crippen molar-refractivity contribution in [2.24, 2.45) is 5.73 Å². The van der Waals surface area contributed by atoms with E-state index in [9.17, 15) is 0 Å². The highest BCUT2D eigenvalue weighted by atomic mass is 32.1. The number of nitrogens with zero attached hydrogens (tertiary/aromatic N) is 2. The van der Waals surface area contributed by atoms with Crippen molar-refractivity contribution < 1.29 is 0 Å². The normalized spacial score (nSPS) is 19.0. The van der Waals surface area contributed by atoms with Crippen LogP contribution in [0.15, 0.2) is 24.5 Å². The molecule has 1 atom stereocenters. The molecule has 0 aromatic carbocycles. The van der Waals surface area contributed by atoms with Gasteiger partial charge < -0.3 is 5.73 Å². The second kappa shape index (κ2) is 4.55. The smallest absolute Gasteiger partial charge is 0.107 e. The SMILES string of the molecule is NCc1nc2c(s1)CC(c1ccncc1)CC2. The van der Waals surface area contributed by atoms with Crippen LogP contribution in [0.25, 0.3) is 0 Å². The molecule has 1 aliphatic rings. The fraction of sp³-hybridized carbons (Fsp3) is 0.385. The van der Waals surface area contributed by atoms with Gasteiger partial charge in [0.05, 0.1) is 5.69 Å². The molecule has 2 aromatic rings. The molecule has 0 spiro atoms. The highest BCUT2D eigenvalue weighted by Crippen LogP contribution is 2.35. The summed E-state index contributed by atoms with van der Waals surface area (Å²) in [5, 5.41) is 1.07. The van der Waals surface area contributed by atoms with E-state index in [1.807, 2.05) is 12.4 Å². The predicted octanol–water partition coefficient (Wildman–Crippen LogP) is 2.27. The maximum absolute atomic E-state index is 5.65. The molecule has 1 aliphatic carbocycles. The molecule has 0 fully saturated rings. The number of rotatable bonds is 2. The van der Waals surface area contributed by atoms with Gasteiger partial charge in [-0.1, -0.05) is 0 Å². The van der Waals surface area contributed by atoms with E-state index >= 15 is 0 Å². The topological polar surface area (TPSA) is 51.8 Å². The lowest BCUT2D eigenvalue weighted by molar-refractivity contribution is 0.583. The van der Waals surface area contributed by atoms with Crippen LogP contribution in [-0.2, 0) is 19.4 Å². The lowest BCUT2D eigenvalue weighted by Gasteiger charge is -2.21.